The molecule has 2 aromatic heterocycles. The van der Waals surface area contributed by atoms with Gasteiger partial charge >= 0.3 is 0 Å². The van der Waals surface area contributed by atoms with Gasteiger partial charge in [0.15, 0.2) is 0 Å². The van der Waals surface area contributed by atoms with E-state index in [1.807, 2.05) is 17.7 Å². The summed E-state index contributed by atoms with van der Waals surface area (Å²) in [6, 6.07) is 1.96. The molecule has 2 heterocycles. The number of aryl methyl sites for hydroxylation is 3. The van der Waals surface area contributed by atoms with Gasteiger partial charge in [-0.25, -0.2) is 4.68 Å². The largest absolute Gasteiger partial charge is 0.380 e. The predicted octanol–water partition coefficient (Wildman–Crippen LogP) is 1.55. The molecule has 6 heteroatoms. The maximum Gasteiger partial charge on any atom is 0.139 e. The molecule has 0 aliphatic rings. The number of nitrogens with zero attached hydrogens (tertiary/aromatic N) is 5. The molecular weight excluding hydrogens is 242 g/mol. The molecule has 0 aromatic carbocycles. The summed E-state index contributed by atoms with van der Waals surface area (Å²) in [7, 11) is 0. The first-order valence-corrected chi connectivity index (χ1v) is 6.84. The number of rotatable bonds is 6. The summed E-state index contributed by atoms with van der Waals surface area (Å²) in [5.41, 5.74) is 2.52. The van der Waals surface area contributed by atoms with Gasteiger partial charge < -0.3 is 5.11 Å². The number of hydrogen-bond donors (Lipinski definition) is 1. The summed E-state index contributed by atoms with van der Waals surface area (Å²) in [6.45, 7) is 7.64. The van der Waals surface area contributed by atoms with Crippen molar-refractivity contribution in [2.75, 3.05) is 0 Å². The lowest BCUT2D eigenvalue weighted by atomic mass is 10.1. The van der Waals surface area contributed by atoms with Crippen LogP contribution < -0.4 is 0 Å². The third-order valence-electron chi connectivity index (χ3n) is 3.17. The Morgan fingerprint density at radius 1 is 1.21 bits per heavy atom. The third-order valence-corrected chi connectivity index (χ3v) is 3.17. The summed E-state index contributed by atoms with van der Waals surface area (Å²) in [4.78, 5) is 0. The van der Waals surface area contributed by atoms with Gasteiger partial charge in [-0.2, -0.15) is 5.10 Å². The number of aliphatic hydroxyl groups excluding tert-OH is 1. The highest BCUT2D eigenvalue weighted by atomic mass is 16.3. The quantitative estimate of drug-likeness (QED) is 0.858. The number of aromatic nitrogens is 5. The predicted molar refractivity (Wildman–Crippen MR) is 71.7 cm³/mol. The second-order valence-electron chi connectivity index (χ2n) is 4.51. The zero-order valence-corrected chi connectivity index (χ0v) is 11.7. The van der Waals surface area contributed by atoms with Gasteiger partial charge in [-0.1, -0.05) is 19.1 Å². The molecule has 0 saturated heterocycles. The molecule has 1 N–H and O–H groups in total. The van der Waals surface area contributed by atoms with Gasteiger partial charge in [-0.3, -0.25) is 4.68 Å². The van der Waals surface area contributed by atoms with Crippen molar-refractivity contribution in [1.82, 2.24) is 24.8 Å². The van der Waals surface area contributed by atoms with E-state index in [0.29, 0.717) is 0 Å². The Kier molecular flexibility index (Phi) is 4.31. The van der Waals surface area contributed by atoms with E-state index in [4.69, 9.17) is 0 Å². The highest BCUT2D eigenvalue weighted by molar-refractivity contribution is 5.20. The first kappa shape index (κ1) is 13.7. The van der Waals surface area contributed by atoms with E-state index in [9.17, 15) is 5.11 Å². The molecule has 6 nitrogen and oxygen atoms in total. The standard InChI is InChI=1S/C13H21N5O/c1-4-7-18-12(9-14-16-18)13(19)11-8-10(5-2)15-17(11)6-3/h8-9,13,19H,4-7H2,1-3H3. The molecule has 0 fully saturated rings. The molecule has 104 valence electrons. The Morgan fingerprint density at radius 2 is 2.00 bits per heavy atom. The normalized spacial score (nSPS) is 12.8. The van der Waals surface area contributed by atoms with Gasteiger partial charge in [0.2, 0.25) is 0 Å². The van der Waals surface area contributed by atoms with Crippen LogP contribution in [0.25, 0.3) is 0 Å². The van der Waals surface area contributed by atoms with Crippen LogP contribution in [0.15, 0.2) is 12.3 Å². The first-order valence-electron chi connectivity index (χ1n) is 6.84. The summed E-state index contributed by atoms with van der Waals surface area (Å²) in [5, 5.41) is 22.9. The highest BCUT2D eigenvalue weighted by Gasteiger charge is 2.20. The van der Waals surface area contributed by atoms with E-state index in [1.165, 1.54) is 0 Å². The van der Waals surface area contributed by atoms with Crippen molar-refractivity contribution in [3.8, 4) is 0 Å². The zero-order chi connectivity index (χ0) is 13.8. The molecule has 0 aliphatic carbocycles. The summed E-state index contributed by atoms with van der Waals surface area (Å²) >= 11 is 0. The van der Waals surface area contributed by atoms with Crippen LogP contribution in [0.1, 0.15) is 50.4 Å². The van der Waals surface area contributed by atoms with Crippen molar-refractivity contribution >= 4 is 0 Å². The van der Waals surface area contributed by atoms with E-state index in [-0.39, 0.29) is 0 Å². The average molecular weight is 263 g/mol. The molecule has 0 saturated carbocycles. The van der Waals surface area contributed by atoms with E-state index >= 15 is 0 Å². The van der Waals surface area contributed by atoms with Crippen LogP contribution in [0, 0.1) is 0 Å². The van der Waals surface area contributed by atoms with E-state index < -0.39 is 6.10 Å². The van der Waals surface area contributed by atoms with Gasteiger partial charge in [0, 0.05) is 13.1 Å². The molecule has 0 spiro atoms. The van der Waals surface area contributed by atoms with Crippen LogP contribution in [0.5, 0.6) is 0 Å². The molecule has 19 heavy (non-hydrogen) atoms. The van der Waals surface area contributed by atoms with Crippen molar-refractivity contribution in [3.63, 3.8) is 0 Å². The van der Waals surface area contributed by atoms with Gasteiger partial charge in [-0.15, -0.1) is 5.10 Å². The van der Waals surface area contributed by atoms with E-state index in [1.54, 1.807) is 10.9 Å². The van der Waals surface area contributed by atoms with E-state index in [2.05, 4.69) is 29.3 Å². The second kappa shape index (κ2) is 5.97. The Bertz CT molecular complexity index is 531. The molecule has 1 unspecified atom stereocenters. The van der Waals surface area contributed by atoms with Crippen LogP contribution in [0.3, 0.4) is 0 Å². The highest BCUT2D eigenvalue weighted by Crippen LogP contribution is 2.22. The molecule has 0 radical (unpaired) electrons. The second-order valence-corrected chi connectivity index (χ2v) is 4.51. The van der Waals surface area contributed by atoms with Gasteiger partial charge in [0.05, 0.1) is 23.3 Å². The smallest absolute Gasteiger partial charge is 0.139 e. The van der Waals surface area contributed by atoms with Crippen LogP contribution in [-0.2, 0) is 19.5 Å². The monoisotopic (exact) mass is 263 g/mol. The molecule has 2 rings (SSSR count). The summed E-state index contributed by atoms with van der Waals surface area (Å²) < 4.78 is 3.59. The van der Waals surface area contributed by atoms with Crippen LogP contribution in [0.4, 0.5) is 0 Å². The van der Waals surface area contributed by atoms with Gasteiger partial charge in [0.1, 0.15) is 6.10 Å². The van der Waals surface area contributed by atoms with Crippen LogP contribution in [0.2, 0.25) is 0 Å². The van der Waals surface area contributed by atoms with Crippen molar-refractivity contribution < 1.29 is 5.11 Å². The SMILES string of the molecule is CCCn1nncc1C(O)c1cc(CC)nn1CC. The van der Waals surface area contributed by atoms with Crippen LogP contribution >= 0.6 is 0 Å². The zero-order valence-electron chi connectivity index (χ0n) is 11.7. The fourth-order valence-electron chi connectivity index (χ4n) is 2.15. The van der Waals surface area contributed by atoms with Gasteiger partial charge in [-0.05, 0) is 25.8 Å². The Morgan fingerprint density at radius 3 is 2.63 bits per heavy atom. The minimum Gasteiger partial charge on any atom is -0.380 e. The molecule has 2 aromatic rings. The number of aliphatic hydroxyl groups is 1. The minimum atomic E-state index is -0.728. The fourth-order valence-corrected chi connectivity index (χ4v) is 2.15. The Labute approximate surface area is 113 Å². The lowest BCUT2D eigenvalue weighted by molar-refractivity contribution is 0.195. The molecule has 0 bridgehead atoms. The summed E-state index contributed by atoms with van der Waals surface area (Å²) in [5.74, 6) is 0. The molecule has 1 atom stereocenters. The van der Waals surface area contributed by atoms with Gasteiger partial charge in [0.25, 0.3) is 0 Å². The lowest BCUT2D eigenvalue weighted by Gasteiger charge is -2.13. The first-order chi connectivity index (χ1) is 9.21. The Hall–Kier alpha value is -1.69. The van der Waals surface area contributed by atoms with Crippen molar-refractivity contribution in [2.24, 2.45) is 0 Å². The maximum absolute atomic E-state index is 10.5. The molecule has 0 aliphatic heterocycles. The van der Waals surface area contributed by atoms with Crippen LogP contribution in [-0.4, -0.2) is 29.9 Å². The van der Waals surface area contributed by atoms with Crippen molar-refractivity contribution in [3.05, 3.63) is 29.3 Å². The van der Waals surface area contributed by atoms with E-state index in [0.717, 1.165) is 43.0 Å². The molecular formula is C13H21N5O. The average Bonchev–Trinajstić information content (AvgIpc) is 3.04. The molecule has 0 amide bonds. The third kappa shape index (κ3) is 2.68. The summed E-state index contributed by atoms with van der Waals surface area (Å²) in [6.07, 6.45) is 2.71. The lowest BCUT2D eigenvalue weighted by Crippen LogP contribution is -2.14. The van der Waals surface area contributed by atoms with Crippen molar-refractivity contribution in [1.29, 1.82) is 0 Å². The Balaban J connectivity index is 2.34. The number of hydrogen-bond acceptors (Lipinski definition) is 4. The van der Waals surface area contributed by atoms with Crippen molar-refractivity contribution in [2.45, 2.75) is 52.8 Å². The maximum atomic E-state index is 10.5. The topological polar surface area (TPSA) is 68.8 Å². The fraction of sp³-hybridized carbons (Fsp3) is 0.615. The minimum absolute atomic E-state index is 0.721.